The van der Waals surface area contributed by atoms with E-state index in [0.29, 0.717) is 29.5 Å². The molecule has 19 aromatic carbocycles. The van der Waals surface area contributed by atoms with Crippen LogP contribution in [0.3, 0.4) is 0 Å². The Balaban J connectivity index is 0.000000103. The summed E-state index contributed by atoms with van der Waals surface area (Å²) < 4.78 is 20.7. The highest BCUT2D eigenvalue weighted by molar-refractivity contribution is 6.13. The number of hydrogen-bond donors (Lipinski definition) is 0. The fraction of sp³-hybridized carbons (Fsp3) is 0. The third kappa shape index (κ3) is 13.4. The first kappa shape index (κ1) is 82.1. The van der Waals surface area contributed by atoms with E-state index in [1.54, 1.807) is 0 Å². The van der Waals surface area contributed by atoms with Crippen molar-refractivity contribution < 1.29 is 0 Å². The maximum atomic E-state index is 5.35. The molecule has 0 N–H and O–H groups in total. The van der Waals surface area contributed by atoms with Crippen LogP contribution in [0.15, 0.2) is 497 Å². The molecule has 16 heteroatoms. The molecule has 0 amide bonds. The molecule has 12 aromatic heterocycles. The Bertz CT molecular complexity index is 9940. The standard InChI is InChI=1S/C46H29N5.C42H27N5.C41H26N6/c1-2-12-30(13-3-1)31-22-24-32(25-23-31)45-37-16-4-7-17-38(37)47-46(48-45)51-42-21-11-10-20-41(42)50-43-29-34(27-26-33(43)28-44(50)51)49-39-18-8-5-14-35(39)36-15-6-9-19-40(36)49;1-3-13-28(14-4-1)34-27-35(29-15-5-2-6-16-29)44-42(43-34)47-39-22-12-11-21-38(39)46-40-26-31(24-23-30(40)25-41(46)47)45-36-19-9-7-17-32(36)33-18-8-10-20-37(33)45;1-3-13-27(14-4-1)39-42-40(28-15-5-2-6-16-28)44-41(43-39)47-36-22-12-11-21-35(36)46-37-26-30(24-23-29(37)25-38(46)47)45-33-19-9-7-17-31(33)32-18-8-10-20-34(32)45/h1-29H;1-27H;1-26H. The highest BCUT2D eigenvalue weighted by Gasteiger charge is 2.28. The Morgan fingerprint density at radius 1 is 0.145 bits per heavy atom. The van der Waals surface area contributed by atoms with Crippen molar-refractivity contribution in [1.29, 1.82) is 0 Å². The Morgan fingerprint density at radius 2 is 0.407 bits per heavy atom. The topological polar surface area (TPSA) is 133 Å². The van der Waals surface area contributed by atoms with Gasteiger partial charge < -0.3 is 13.7 Å². The Labute approximate surface area is 829 Å². The lowest BCUT2D eigenvalue weighted by atomic mass is 10.0. The van der Waals surface area contributed by atoms with Crippen LogP contribution < -0.4 is 0 Å². The van der Waals surface area contributed by atoms with Crippen molar-refractivity contribution >= 4 is 159 Å². The quantitative estimate of drug-likeness (QED) is 0.119. The number of fused-ring (bicyclic) bond motifs is 25. The van der Waals surface area contributed by atoms with E-state index in [-0.39, 0.29) is 0 Å². The van der Waals surface area contributed by atoms with Crippen molar-refractivity contribution in [2.45, 2.75) is 0 Å². The number of imidazole rings is 3. The van der Waals surface area contributed by atoms with Crippen LogP contribution in [0.1, 0.15) is 0 Å². The minimum Gasteiger partial charge on any atom is -0.309 e. The predicted molar refractivity (Wildman–Crippen MR) is 593 cm³/mol. The number of benzene rings is 19. The monoisotopic (exact) mass is 1850 g/mol. The Morgan fingerprint density at radius 3 is 0.752 bits per heavy atom. The molecule has 12 heterocycles. The van der Waals surface area contributed by atoms with Crippen molar-refractivity contribution in [2.75, 3.05) is 0 Å². The van der Waals surface area contributed by atoms with Crippen molar-refractivity contribution in [3.8, 4) is 103 Å². The van der Waals surface area contributed by atoms with Gasteiger partial charge in [0.05, 0.1) is 105 Å². The second-order valence-electron chi connectivity index (χ2n) is 36.8. The van der Waals surface area contributed by atoms with Gasteiger partial charge in [-0.15, -0.1) is 0 Å². The summed E-state index contributed by atoms with van der Waals surface area (Å²) in [6.45, 7) is 0. The van der Waals surface area contributed by atoms with Gasteiger partial charge in [0.15, 0.2) is 11.6 Å². The Kier molecular flexibility index (Phi) is 18.9. The molecule has 0 saturated carbocycles. The molecule has 0 saturated heterocycles. The minimum absolute atomic E-state index is 0.578. The maximum Gasteiger partial charge on any atom is 0.240 e. The van der Waals surface area contributed by atoms with Gasteiger partial charge in [0.2, 0.25) is 17.8 Å². The average molecular weight is 1860 g/mol. The first-order valence-electron chi connectivity index (χ1n) is 48.8. The number of hydrogen-bond acceptors (Lipinski definition) is 7. The zero-order valence-electron chi connectivity index (χ0n) is 78.0. The second kappa shape index (κ2) is 33.4. The lowest BCUT2D eigenvalue weighted by Gasteiger charge is -2.11. The number of rotatable bonds is 12. The largest absolute Gasteiger partial charge is 0.309 e. The molecule has 145 heavy (non-hydrogen) atoms. The fourth-order valence-electron chi connectivity index (χ4n) is 22.1. The van der Waals surface area contributed by atoms with Crippen LogP contribution in [0.4, 0.5) is 0 Å². The van der Waals surface area contributed by atoms with Gasteiger partial charge in [0.1, 0.15) is 16.9 Å². The van der Waals surface area contributed by atoms with E-state index in [0.717, 1.165) is 156 Å². The van der Waals surface area contributed by atoms with Crippen LogP contribution in [0.5, 0.6) is 0 Å². The molecule has 31 rings (SSSR count). The van der Waals surface area contributed by atoms with Gasteiger partial charge in [-0.2, -0.15) is 9.97 Å². The van der Waals surface area contributed by atoms with E-state index in [4.69, 9.17) is 34.9 Å². The lowest BCUT2D eigenvalue weighted by molar-refractivity contribution is 0.947. The van der Waals surface area contributed by atoms with Crippen LogP contribution in [0, 0.1) is 0 Å². The first-order valence-corrected chi connectivity index (χ1v) is 48.8. The van der Waals surface area contributed by atoms with Gasteiger partial charge in [-0.3, -0.25) is 26.9 Å². The van der Waals surface area contributed by atoms with E-state index < -0.39 is 0 Å². The maximum absolute atomic E-state index is 5.35. The minimum atomic E-state index is 0.578. The molecule has 0 aliphatic heterocycles. The van der Waals surface area contributed by atoms with Gasteiger partial charge in [-0.05, 0) is 151 Å². The summed E-state index contributed by atoms with van der Waals surface area (Å²) in [5, 5.41) is 12.0. The lowest BCUT2D eigenvalue weighted by Crippen LogP contribution is -2.06. The van der Waals surface area contributed by atoms with Crippen LogP contribution in [-0.4, -0.2) is 75.5 Å². The van der Waals surface area contributed by atoms with Crippen molar-refractivity contribution in [2.24, 2.45) is 0 Å². The molecule has 31 aromatic rings. The third-order valence-corrected chi connectivity index (χ3v) is 28.6. The summed E-state index contributed by atoms with van der Waals surface area (Å²) in [6, 6.07) is 175. The summed E-state index contributed by atoms with van der Waals surface area (Å²) in [7, 11) is 0. The summed E-state index contributed by atoms with van der Waals surface area (Å²) in [6.07, 6.45) is 0. The number of para-hydroxylation sites is 13. The number of nitrogens with zero attached hydrogens (tertiary/aromatic N) is 16. The van der Waals surface area contributed by atoms with E-state index in [2.05, 4.69) is 453 Å². The SMILES string of the molecule is c1ccc(-c2cc(-c3ccccc3)nc(-n3c4ccccc4n4c5cc(-n6c7ccccc7c7ccccc76)ccc5cc34)n2)cc1.c1ccc(-c2ccc(-c3nc(-n4c5ccccc5n5c6cc(-n7c8ccccc8c8ccccc87)ccc6cc45)nc4ccccc34)cc2)cc1.c1ccc(-c2nc(-c3ccccc3)nc(-n3c4ccccc4n4c5cc(-n6c7ccccc7c7ccccc76)ccc5cc34)n2)cc1. The molecule has 0 bridgehead atoms. The summed E-state index contributed by atoms with van der Waals surface area (Å²) in [5.41, 5.74) is 34.4. The summed E-state index contributed by atoms with van der Waals surface area (Å²) in [4.78, 5) is 36.1. The van der Waals surface area contributed by atoms with Crippen molar-refractivity contribution in [3.63, 3.8) is 0 Å². The molecule has 0 aliphatic carbocycles. The van der Waals surface area contributed by atoms with E-state index in [1.807, 2.05) is 84.9 Å². The zero-order chi connectivity index (χ0) is 95.3. The van der Waals surface area contributed by atoms with Gasteiger partial charge in [-0.1, -0.05) is 358 Å². The molecular formula is C129H82N16. The molecule has 0 radical (unpaired) electrons. The van der Waals surface area contributed by atoms with Gasteiger partial charge in [0, 0.05) is 98.7 Å². The highest BCUT2D eigenvalue weighted by atomic mass is 15.3. The highest BCUT2D eigenvalue weighted by Crippen LogP contribution is 2.44. The normalized spacial score (nSPS) is 11.9. The molecule has 678 valence electrons. The van der Waals surface area contributed by atoms with Crippen LogP contribution in [0.2, 0.25) is 0 Å². The summed E-state index contributed by atoms with van der Waals surface area (Å²) >= 11 is 0. The van der Waals surface area contributed by atoms with E-state index >= 15 is 0 Å². The second-order valence-corrected chi connectivity index (χ2v) is 36.8. The first-order chi connectivity index (χ1) is 71.9. The number of aromatic nitrogens is 16. The zero-order valence-corrected chi connectivity index (χ0v) is 78.0. The summed E-state index contributed by atoms with van der Waals surface area (Å²) in [5.74, 6) is 3.13. The van der Waals surface area contributed by atoms with Crippen LogP contribution in [0.25, 0.3) is 262 Å². The average Bonchev–Trinajstić information content (AvgIpc) is 1.56. The molecule has 0 spiro atoms. The molecule has 0 unspecified atom stereocenters. The molecular weight excluding hydrogens is 1770 g/mol. The molecule has 0 aliphatic rings. The van der Waals surface area contributed by atoms with Crippen LogP contribution >= 0.6 is 0 Å². The fourth-order valence-corrected chi connectivity index (χ4v) is 22.1. The van der Waals surface area contributed by atoms with E-state index in [9.17, 15) is 0 Å². The van der Waals surface area contributed by atoms with Gasteiger partial charge >= 0.3 is 0 Å². The van der Waals surface area contributed by atoms with Crippen LogP contribution in [-0.2, 0) is 0 Å². The smallest absolute Gasteiger partial charge is 0.240 e. The molecule has 0 fully saturated rings. The third-order valence-electron chi connectivity index (χ3n) is 28.6. The van der Waals surface area contributed by atoms with Gasteiger partial charge in [0.25, 0.3) is 0 Å². The van der Waals surface area contributed by atoms with Crippen molar-refractivity contribution in [1.82, 2.24) is 75.5 Å². The molecule has 16 nitrogen and oxygen atoms in total. The van der Waals surface area contributed by atoms with Crippen molar-refractivity contribution in [3.05, 3.63) is 497 Å². The molecule has 0 atom stereocenters. The van der Waals surface area contributed by atoms with Gasteiger partial charge in [-0.25, -0.2) is 24.9 Å². The van der Waals surface area contributed by atoms with E-state index in [1.165, 1.54) is 76.5 Å². The predicted octanol–water partition coefficient (Wildman–Crippen LogP) is 31.3. The Hall–Kier alpha value is -20.0.